The average Bonchev–Trinajstić information content (AvgIpc) is 3.44. The second-order valence-corrected chi connectivity index (χ2v) is 11.2. The Morgan fingerprint density at radius 1 is 0.719 bits per heavy atom. The van der Waals surface area contributed by atoms with Gasteiger partial charge in [-0.25, -0.2) is 0 Å². The van der Waals surface area contributed by atoms with Gasteiger partial charge in [0, 0.05) is 18.0 Å². The molecule has 2 aromatic carbocycles. The molecule has 4 aromatic heterocycles. The molecule has 4 heterocycles. The van der Waals surface area contributed by atoms with Gasteiger partial charge in [0.2, 0.25) is 0 Å². The predicted molar refractivity (Wildman–Crippen MR) is 140 cm³/mol. The molecule has 0 atom stereocenters. The third-order valence-corrected chi connectivity index (χ3v) is 8.08. The summed E-state index contributed by atoms with van der Waals surface area (Å²) in [7, 11) is 0. The molecule has 0 aliphatic rings. The lowest BCUT2D eigenvalue weighted by molar-refractivity contribution is 0.596. The Morgan fingerprint density at radius 3 is 2.34 bits per heavy atom. The molecule has 0 aliphatic heterocycles. The number of rotatable bonds is 2. The number of aromatic nitrogens is 2. The highest BCUT2D eigenvalue weighted by Gasteiger charge is 2.20. The van der Waals surface area contributed by atoms with Gasteiger partial charge in [-0.1, -0.05) is 45.0 Å². The average molecular weight is 451 g/mol. The van der Waals surface area contributed by atoms with Crippen LogP contribution >= 0.6 is 22.7 Å². The highest BCUT2D eigenvalue weighted by molar-refractivity contribution is 7.23. The summed E-state index contributed by atoms with van der Waals surface area (Å²) in [6.07, 6.45) is 3.84. The summed E-state index contributed by atoms with van der Waals surface area (Å²) in [4.78, 5) is 10.8. The molecular weight excluding hydrogens is 428 g/mol. The molecule has 0 radical (unpaired) electrons. The van der Waals surface area contributed by atoms with Crippen LogP contribution in [0, 0.1) is 0 Å². The summed E-state index contributed by atoms with van der Waals surface area (Å²) in [6, 6.07) is 21.9. The number of pyridine rings is 2. The van der Waals surface area contributed by atoms with Crippen LogP contribution in [0.2, 0.25) is 0 Å². The summed E-state index contributed by atoms with van der Waals surface area (Å²) >= 11 is 3.54. The van der Waals surface area contributed by atoms with Gasteiger partial charge in [-0.3, -0.25) is 9.97 Å². The molecule has 32 heavy (non-hydrogen) atoms. The van der Waals surface area contributed by atoms with E-state index in [0.29, 0.717) is 0 Å². The van der Waals surface area contributed by atoms with Gasteiger partial charge >= 0.3 is 0 Å². The van der Waals surface area contributed by atoms with E-state index in [1.165, 1.54) is 46.9 Å². The predicted octanol–water partition coefficient (Wildman–Crippen LogP) is 8.69. The molecule has 4 heteroatoms. The van der Waals surface area contributed by atoms with Crippen LogP contribution in [0.4, 0.5) is 0 Å². The van der Waals surface area contributed by atoms with Gasteiger partial charge in [0.15, 0.2) is 0 Å². The standard InChI is InChI=1S/C28H22N2S2/c1-28(2,3)22-15-20(14-18-6-4-5-7-21(18)22)24-27-19(9-12-29-24)16-23(32-27)25-26-17(8-11-30-25)10-13-31-26/h4-16H,1-3H3. The highest BCUT2D eigenvalue weighted by Crippen LogP contribution is 2.42. The van der Waals surface area contributed by atoms with Crippen LogP contribution in [-0.4, -0.2) is 9.97 Å². The summed E-state index contributed by atoms with van der Waals surface area (Å²) < 4.78 is 2.46. The molecule has 0 spiro atoms. The first kappa shape index (κ1) is 19.6. The van der Waals surface area contributed by atoms with Gasteiger partial charge in [0.25, 0.3) is 0 Å². The lowest BCUT2D eigenvalue weighted by Crippen LogP contribution is -2.12. The van der Waals surface area contributed by atoms with Crippen LogP contribution in [0.3, 0.4) is 0 Å². The third kappa shape index (κ3) is 3.14. The Kier molecular flexibility index (Phi) is 4.42. The van der Waals surface area contributed by atoms with E-state index in [-0.39, 0.29) is 5.41 Å². The second-order valence-electron chi connectivity index (χ2n) is 9.18. The lowest BCUT2D eigenvalue weighted by Gasteiger charge is -2.22. The van der Waals surface area contributed by atoms with Crippen LogP contribution in [0.1, 0.15) is 26.3 Å². The van der Waals surface area contributed by atoms with Crippen LogP contribution in [0.15, 0.2) is 78.4 Å². The van der Waals surface area contributed by atoms with Crippen molar-refractivity contribution < 1.29 is 0 Å². The van der Waals surface area contributed by atoms with Crippen LogP contribution in [0.25, 0.3) is 52.8 Å². The first-order valence-electron chi connectivity index (χ1n) is 10.7. The molecular formula is C28H22N2S2. The summed E-state index contributed by atoms with van der Waals surface area (Å²) in [5, 5.41) is 7.18. The Bertz CT molecular complexity index is 1620. The Hall–Kier alpha value is -3.08. The zero-order valence-electron chi connectivity index (χ0n) is 18.2. The van der Waals surface area contributed by atoms with Gasteiger partial charge in [0.1, 0.15) is 0 Å². The molecule has 0 bridgehead atoms. The minimum Gasteiger partial charge on any atom is -0.255 e. The van der Waals surface area contributed by atoms with E-state index in [1.807, 2.05) is 12.4 Å². The molecule has 156 valence electrons. The molecule has 6 aromatic rings. The van der Waals surface area contributed by atoms with Crippen molar-refractivity contribution in [2.75, 3.05) is 0 Å². The van der Waals surface area contributed by atoms with Crippen molar-refractivity contribution in [1.82, 2.24) is 9.97 Å². The van der Waals surface area contributed by atoms with Gasteiger partial charge in [0.05, 0.1) is 25.7 Å². The lowest BCUT2D eigenvalue weighted by atomic mass is 9.82. The van der Waals surface area contributed by atoms with Crippen LogP contribution in [-0.2, 0) is 5.41 Å². The Balaban J connectivity index is 1.60. The van der Waals surface area contributed by atoms with E-state index in [9.17, 15) is 0 Å². The molecule has 0 amide bonds. The molecule has 0 saturated heterocycles. The number of thiophene rings is 2. The Labute approximate surface area is 195 Å². The third-order valence-electron chi connectivity index (χ3n) is 5.98. The molecule has 2 nitrogen and oxygen atoms in total. The number of hydrogen-bond donors (Lipinski definition) is 0. The van der Waals surface area contributed by atoms with Gasteiger partial charge in [-0.2, -0.15) is 0 Å². The highest BCUT2D eigenvalue weighted by atomic mass is 32.1. The maximum absolute atomic E-state index is 4.86. The minimum atomic E-state index is 0.0445. The zero-order valence-corrected chi connectivity index (χ0v) is 19.8. The van der Waals surface area contributed by atoms with Crippen molar-refractivity contribution >= 4 is 53.6 Å². The SMILES string of the molecule is CC(C)(C)c1cc(-c2nccc3cc(-c4nccc5ccsc45)sc23)cc2ccccc12. The fraction of sp³-hybridized carbons (Fsp3) is 0.143. The molecule has 0 aliphatic carbocycles. The molecule has 0 N–H and O–H groups in total. The van der Waals surface area contributed by atoms with E-state index in [0.717, 1.165) is 11.4 Å². The topological polar surface area (TPSA) is 25.8 Å². The van der Waals surface area contributed by atoms with Crippen molar-refractivity contribution in [2.45, 2.75) is 26.2 Å². The van der Waals surface area contributed by atoms with Gasteiger partial charge in [-0.05, 0) is 74.3 Å². The van der Waals surface area contributed by atoms with Crippen molar-refractivity contribution in [1.29, 1.82) is 0 Å². The number of benzene rings is 2. The normalized spacial score (nSPS) is 12.2. The largest absolute Gasteiger partial charge is 0.255 e. The summed E-state index contributed by atoms with van der Waals surface area (Å²) in [5.41, 5.74) is 4.69. The van der Waals surface area contributed by atoms with Crippen molar-refractivity contribution in [3.05, 3.63) is 84.0 Å². The van der Waals surface area contributed by atoms with Crippen molar-refractivity contribution in [3.8, 4) is 21.8 Å². The number of nitrogens with zero attached hydrogens (tertiary/aromatic N) is 2. The first-order valence-corrected chi connectivity index (χ1v) is 12.4. The maximum Gasteiger partial charge on any atom is 0.0980 e. The number of hydrogen-bond acceptors (Lipinski definition) is 4. The number of fused-ring (bicyclic) bond motifs is 3. The second kappa shape index (κ2) is 7.22. The first-order chi connectivity index (χ1) is 15.5. The van der Waals surface area contributed by atoms with Gasteiger partial charge < -0.3 is 0 Å². The zero-order chi connectivity index (χ0) is 21.9. The van der Waals surface area contributed by atoms with E-state index in [2.05, 4.69) is 86.8 Å². The minimum absolute atomic E-state index is 0.0445. The van der Waals surface area contributed by atoms with Crippen LogP contribution < -0.4 is 0 Å². The fourth-order valence-corrected chi connectivity index (χ4v) is 6.56. The molecule has 0 unspecified atom stereocenters. The molecule has 0 fully saturated rings. The van der Waals surface area contributed by atoms with E-state index >= 15 is 0 Å². The summed E-state index contributed by atoms with van der Waals surface area (Å²) in [5.74, 6) is 0. The quantitative estimate of drug-likeness (QED) is 0.264. The maximum atomic E-state index is 4.86. The molecule has 0 saturated carbocycles. The van der Waals surface area contributed by atoms with E-state index in [4.69, 9.17) is 9.97 Å². The smallest absolute Gasteiger partial charge is 0.0980 e. The molecule has 6 rings (SSSR count). The van der Waals surface area contributed by atoms with Crippen molar-refractivity contribution in [2.24, 2.45) is 0 Å². The van der Waals surface area contributed by atoms with E-state index in [1.54, 1.807) is 22.7 Å². The summed E-state index contributed by atoms with van der Waals surface area (Å²) in [6.45, 7) is 6.84. The van der Waals surface area contributed by atoms with Gasteiger partial charge in [-0.15, -0.1) is 22.7 Å². The van der Waals surface area contributed by atoms with Crippen molar-refractivity contribution in [3.63, 3.8) is 0 Å². The Morgan fingerprint density at radius 2 is 1.50 bits per heavy atom. The monoisotopic (exact) mass is 450 g/mol. The van der Waals surface area contributed by atoms with E-state index < -0.39 is 0 Å². The van der Waals surface area contributed by atoms with Crippen LogP contribution in [0.5, 0.6) is 0 Å². The fourth-order valence-electron chi connectivity index (χ4n) is 4.42.